The smallest absolute Gasteiger partial charge is 0.112 e. The molecule has 0 aliphatic carbocycles. The third-order valence-corrected chi connectivity index (χ3v) is 4.46. The molecule has 0 amide bonds. The Morgan fingerprint density at radius 3 is 2.95 bits per heavy atom. The van der Waals surface area contributed by atoms with Gasteiger partial charge in [0.2, 0.25) is 0 Å². The van der Waals surface area contributed by atoms with Gasteiger partial charge in [-0.25, -0.2) is 4.98 Å². The van der Waals surface area contributed by atoms with Crippen molar-refractivity contribution in [3.8, 4) is 0 Å². The summed E-state index contributed by atoms with van der Waals surface area (Å²) in [6.45, 7) is 5.16. The lowest BCUT2D eigenvalue weighted by Gasteiger charge is -2.23. The molecule has 0 spiro atoms. The van der Waals surface area contributed by atoms with E-state index in [2.05, 4.69) is 59.6 Å². The Bertz CT molecular complexity index is 668. The van der Waals surface area contributed by atoms with Gasteiger partial charge in [-0.05, 0) is 25.5 Å². The first-order chi connectivity index (χ1) is 9.17. The zero-order chi connectivity index (χ0) is 13.3. The lowest BCUT2D eigenvalue weighted by molar-refractivity contribution is 0.400. The molecular formula is C15H17N3S. The maximum absolute atomic E-state index is 4.40. The summed E-state index contributed by atoms with van der Waals surface area (Å²) >= 11 is 1.69. The number of aromatic nitrogens is 2. The average molecular weight is 271 g/mol. The summed E-state index contributed by atoms with van der Waals surface area (Å²) < 4.78 is 0. The molecule has 19 heavy (non-hydrogen) atoms. The van der Waals surface area contributed by atoms with Gasteiger partial charge in [-0.2, -0.15) is 0 Å². The number of para-hydroxylation sites is 1. The van der Waals surface area contributed by atoms with E-state index >= 15 is 0 Å². The van der Waals surface area contributed by atoms with Gasteiger partial charge in [0, 0.05) is 35.2 Å². The quantitative estimate of drug-likeness (QED) is 0.760. The normalized spacial score (nSPS) is 12.1. The van der Waals surface area contributed by atoms with E-state index < -0.39 is 0 Å². The molecule has 0 radical (unpaired) electrons. The van der Waals surface area contributed by atoms with Crippen molar-refractivity contribution in [1.29, 1.82) is 0 Å². The van der Waals surface area contributed by atoms with Crippen molar-refractivity contribution in [2.24, 2.45) is 0 Å². The van der Waals surface area contributed by atoms with Crippen molar-refractivity contribution in [2.45, 2.75) is 25.9 Å². The molecule has 2 heterocycles. The van der Waals surface area contributed by atoms with E-state index in [4.69, 9.17) is 0 Å². The number of nitrogens with zero attached hydrogens (tertiary/aromatic N) is 1. The van der Waals surface area contributed by atoms with Crippen molar-refractivity contribution in [3.63, 3.8) is 0 Å². The fraction of sp³-hybridized carbons (Fsp3) is 0.267. The third kappa shape index (κ3) is 2.41. The monoisotopic (exact) mass is 271 g/mol. The van der Waals surface area contributed by atoms with Crippen LogP contribution in [0.25, 0.3) is 10.9 Å². The Morgan fingerprint density at radius 1 is 1.32 bits per heavy atom. The van der Waals surface area contributed by atoms with Crippen molar-refractivity contribution >= 4 is 22.2 Å². The third-order valence-electron chi connectivity index (χ3n) is 3.36. The predicted octanol–water partition coefficient (Wildman–Crippen LogP) is 3.65. The summed E-state index contributed by atoms with van der Waals surface area (Å²) in [7, 11) is 0. The van der Waals surface area contributed by atoms with E-state index in [1.807, 2.05) is 11.6 Å². The molecule has 0 saturated carbocycles. The molecule has 2 N–H and O–H groups in total. The summed E-state index contributed by atoms with van der Waals surface area (Å²) in [5, 5.41) is 8.00. The van der Waals surface area contributed by atoms with Gasteiger partial charge in [-0.1, -0.05) is 18.2 Å². The van der Waals surface area contributed by atoms with Crippen molar-refractivity contribution in [2.75, 3.05) is 0 Å². The molecule has 98 valence electrons. The van der Waals surface area contributed by atoms with Gasteiger partial charge >= 0.3 is 0 Å². The van der Waals surface area contributed by atoms with Crippen molar-refractivity contribution in [1.82, 2.24) is 15.3 Å². The fourth-order valence-electron chi connectivity index (χ4n) is 2.20. The first-order valence-corrected chi connectivity index (χ1v) is 7.25. The molecule has 0 aliphatic rings. The largest absolute Gasteiger partial charge is 0.361 e. The van der Waals surface area contributed by atoms with Crippen LogP contribution in [-0.2, 0) is 12.1 Å². The number of fused-ring (bicyclic) bond motifs is 1. The van der Waals surface area contributed by atoms with Gasteiger partial charge < -0.3 is 10.3 Å². The number of nitrogens with one attached hydrogen (secondary N) is 2. The number of hydrogen-bond donors (Lipinski definition) is 2. The van der Waals surface area contributed by atoms with Gasteiger partial charge in [0.05, 0.1) is 5.54 Å². The number of hydrogen-bond acceptors (Lipinski definition) is 3. The number of aromatic amines is 1. The standard InChI is InChI=1S/C15H17N3S/c1-15(2,14-16-7-8-19-14)18-10-11-9-17-13-6-4-3-5-12(11)13/h3-9,17-18H,10H2,1-2H3. The van der Waals surface area contributed by atoms with Gasteiger partial charge in [0.1, 0.15) is 5.01 Å². The number of rotatable bonds is 4. The second-order valence-corrected chi connectivity index (χ2v) is 6.07. The van der Waals surface area contributed by atoms with Crippen LogP contribution in [0.1, 0.15) is 24.4 Å². The summed E-state index contributed by atoms with van der Waals surface area (Å²) in [6.07, 6.45) is 3.94. The fourth-order valence-corrected chi connectivity index (χ4v) is 2.94. The highest BCUT2D eigenvalue weighted by Crippen LogP contribution is 2.24. The maximum atomic E-state index is 4.40. The van der Waals surface area contributed by atoms with E-state index in [0.29, 0.717) is 0 Å². The minimum Gasteiger partial charge on any atom is -0.361 e. The molecule has 0 saturated heterocycles. The molecular weight excluding hydrogens is 254 g/mol. The van der Waals surface area contributed by atoms with Crippen LogP contribution in [0.4, 0.5) is 0 Å². The SMILES string of the molecule is CC(C)(NCc1c[nH]c2ccccc12)c1nccs1. The van der Waals surface area contributed by atoms with E-state index in [9.17, 15) is 0 Å². The van der Waals surface area contributed by atoms with E-state index in [-0.39, 0.29) is 5.54 Å². The average Bonchev–Trinajstić information content (AvgIpc) is 3.07. The van der Waals surface area contributed by atoms with Crippen LogP contribution in [0.5, 0.6) is 0 Å². The first-order valence-electron chi connectivity index (χ1n) is 6.37. The van der Waals surface area contributed by atoms with Gasteiger partial charge in [0.15, 0.2) is 0 Å². The van der Waals surface area contributed by atoms with E-state index in [1.54, 1.807) is 11.3 Å². The van der Waals surface area contributed by atoms with Crippen molar-refractivity contribution in [3.05, 3.63) is 52.6 Å². The van der Waals surface area contributed by atoms with Crippen LogP contribution in [0.3, 0.4) is 0 Å². The molecule has 1 aromatic carbocycles. The minimum atomic E-state index is -0.105. The summed E-state index contributed by atoms with van der Waals surface area (Å²) in [5.41, 5.74) is 2.37. The van der Waals surface area contributed by atoms with Crippen LogP contribution < -0.4 is 5.32 Å². The Balaban J connectivity index is 1.79. The highest BCUT2D eigenvalue weighted by molar-refractivity contribution is 7.09. The second-order valence-electron chi connectivity index (χ2n) is 5.18. The summed E-state index contributed by atoms with van der Waals surface area (Å²) in [5.74, 6) is 0. The first kappa shape index (κ1) is 12.4. The van der Waals surface area contributed by atoms with Crippen LogP contribution in [0.2, 0.25) is 0 Å². The molecule has 3 rings (SSSR count). The summed E-state index contributed by atoms with van der Waals surface area (Å²) in [6, 6.07) is 8.38. The zero-order valence-corrected chi connectivity index (χ0v) is 11.9. The molecule has 0 aliphatic heterocycles. The predicted molar refractivity (Wildman–Crippen MR) is 80.3 cm³/mol. The molecule has 0 fully saturated rings. The lowest BCUT2D eigenvalue weighted by Crippen LogP contribution is -2.35. The highest BCUT2D eigenvalue weighted by Gasteiger charge is 2.22. The van der Waals surface area contributed by atoms with Crippen LogP contribution in [0.15, 0.2) is 42.0 Å². The highest BCUT2D eigenvalue weighted by atomic mass is 32.1. The Morgan fingerprint density at radius 2 is 2.16 bits per heavy atom. The van der Waals surface area contributed by atoms with Gasteiger partial charge in [-0.3, -0.25) is 0 Å². The number of benzene rings is 1. The van der Waals surface area contributed by atoms with E-state index in [1.165, 1.54) is 16.5 Å². The van der Waals surface area contributed by atoms with Crippen LogP contribution >= 0.6 is 11.3 Å². The molecule has 2 aromatic heterocycles. The second kappa shape index (κ2) is 4.79. The number of thiazole rings is 1. The molecule has 4 heteroatoms. The molecule has 0 bridgehead atoms. The Labute approximate surface area is 116 Å². The Hall–Kier alpha value is -1.65. The van der Waals surface area contributed by atoms with Crippen molar-refractivity contribution < 1.29 is 0 Å². The molecule has 0 unspecified atom stereocenters. The zero-order valence-electron chi connectivity index (χ0n) is 11.1. The topological polar surface area (TPSA) is 40.7 Å². The molecule has 3 aromatic rings. The van der Waals surface area contributed by atoms with Gasteiger partial charge in [0.25, 0.3) is 0 Å². The number of H-pyrrole nitrogens is 1. The van der Waals surface area contributed by atoms with Crippen LogP contribution in [0, 0.1) is 0 Å². The Kier molecular flexibility index (Phi) is 3.12. The summed E-state index contributed by atoms with van der Waals surface area (Å²) in [4.78, 5) is 7.70. The minimum absolute atomic E-state index is 0.105. The molecule has 3 nitrogen and oxygen atoms in total. The van der Waals surface area contributed by atoms with Gasteiger partial charge in [-0.15, -0.1) is 11.3 Å². The van der Waals surface area contributed by atoms with E-state index in [0.717, 1.165) is 11.6 Å². The maximum Gasteiger partial charge on any atom is 0.112 e. The lowest BCUT2D eigenvalue weighted by atomic mass is 10.1. The molecule has 0 atom stereocenters. The van der Waals surface area contributed by atoms with Crippen LogP contribution in [-0.4, -0.2) is 9.97 Å².